The van der Waals surface area contributed by atoms with Gasteiger partial charge >= 0.3 is 0 Å². The number of sulfonamides is 1. The highest BCUT2D eigenvalue weighted by Gasteiger charge is 2.19. The first-order valence-corrected chi connectivity index (χ1v) is 10.7. The second-order valence-electron chi connectivity index (χ2n) is 7.02. The summed E-state index contributed by atoms with van der Waals surface area (Å²) in [5.74, 6) is -0.291. The topological polar surface area (TPSA) is 81.2 Å². The van der Waals surface area contributed by atoms with Gasteiger partial charge in [0.05, 0.1) is 22.5 Å². The summed E-state index contributed by atoms with van der Waals surface area (Å²) in [6.07, 6.45) is 3.65. The molecule has 1 aromatic carbocycles. The number of allylic oxidation sites excluding steroid dienone is 1. The molecule has 10 heteroatoms. The summed E-state index contributed by atoms with van der Waals surface area (Å²) in [6, 6.07) is 10.6. The van der Waals surface area contributed by atoms with Crippen molar-refractivity contribution in [2.24, 2.45) is 5.73 Å². The maximum atomic E-state index is 14.1. The number of pyridine rings is 1. The van der Waals surface area contributed by atoms with Crippen molar-refractivity contribution in [1.29, 1.82) is 0 Å². The van der Waals surface area contributed by atoms with Crippen LogP contribution in [0.5, 0.6) is 0 Å². The van der Waals surface area contributed by atoms with Crippen LogP contribution in [0.1, 0.15) is 16.8 Å². The van der Waals surface area contributed by atoms with Crippen molar-refractivity contribution >= 4 is 45.9 Å². The third-order valence-corrected chi connectivity index (χ3v) is 6.77. The van der Waals surface area contributed by atoms with Crippen LogP contribution in [0.4, 0.5) is 4.39 Å². The SMILES string of the molecule is Cc1c(Cc2ccc(S(=O)(=O)N(C)C)cc2)c2ncccc2n1C/C(F)=C/CN.Cl.Cl. The summed E-state index contributed by atoms with van der Waals surface area (Å²) in [7, 11) is -0.455. The van der Waals surface area contributed by atoms with Gasteiger partial charge in [0, 0.05) is 44.5 Å². The molecular weight excluding hydrogens is 462 g/mol. The Morgan fingerprint density at radius 2 is 1.84 bits per heavy atom. The van der Waals surface area contributed by atoms with Crippen molar-refractivity contribution < 1.29 is 12.8 Å². The predicted molar refractivity (Wildman–Crippen MR) is 127 cm³/mol. The van der Waals surface area contributed by atoms with Crippen LogP contribution in [-0.2, 0) is 23.0 Å². The number of nitrogens with zero attached hydrogens (tertiary/aromatic N) is 3. The lowest BCUT2D eigenvalue weighted by molar-refractivity contribution is 0.520. The van der Waals surface area contributed by atoms with Gasteiger partial charge in [-0.1, -0.05) is 12.1 Å². The Hall–Kier alpha value is -1.97. The number of hydrogen-bond donors (Lipinski definition) is 1. The van der Waals surface area contributed by atoms with Crippen LogP contribution in [-0.4, -0.2) is 42.9 Å². The zero-order valence-corrected chi connectivity index (χ0v) is 20.0. The van der Waals surface area contributed by atoms with E-state index in [0.717, 1.165) is 27.9 Å². The van der Waals surface area contributed by atoms with Crippen molar-refractivity contribution in [3.63, 3.8) is 0 Å². The summed E-state index contributed by atoms with van der Waals surface area (Å²) in [5.41, 5.74) is 9.95. The summed E-state index contributed by atoms with van der Waals surface area (Å²) in [5, 5.41) is 0. The van der Waals surface area contributed by atoms with E-state index in [9.17, 15) is 12.8 Å². The monoisotopic (exact) mass is 488 g/mol. The fourth-order valence-corrected chi connectivity index (χ4v) is 4.22. The van der Waals surface area contributed by atoms with E-state index in [2.05, 4.69) is 4.98 Å². The molecule has 3 aromatic rings. The molecule has 0 spiro atoms. The number of fused-ring (bicyclic) bond motifs is 1. The Labute approximate surface area is 194 Å². The van der Waals surface area contributed by atoms with Crippen LogP contribution in [0, 0.1) is 6.92 Å². The Morgan fingerprint density at radius 1 is 1.19 bits per heavy atom. The fourth-order valence-electron chi connectivity index (χ4n) is 3.32. The van der Waals surface area contributed by atoms with Gasteiger partial charge in [-0.3, -0.25) is 4.98 Å². The molecule has 0 bridgehead atoms. The molecule has 0 saturated carbocycles. The van der Waals surface area contributed by atoms with Gasteiger partial charge < -0.3 is 10.3 Å². The van der Waals surface area contributed by atoms with Gasteiger partial charge in [-0.15, -0.1) is 24.8 Å². The minimum atomic E-state index is -3.47. The van der Waals surface area contributed by atoms with E-state index in [1.807, 2.05) is 23.6 Å². The average molecular weight is 489 g/mol. The quantitative estimate of drug-likeness (QED) is 0.547. The second kappa shape index (κ2) is 11.1. The molecule has 2 heterocycles. The van der Waals surface area contributed by atoms with E-state index in [1.165, 1.54) is 24.5 Å². The fraction of sp³-hybridized carbons (Fsp3) is 0.286. The Kier molecular flexibility index (Phi) is 9.66. The molecule has 170 valence electrons. The minimum absolute atomic E-state index is 0. The normalized spacial score (nSPS) is 12.0. The Balaban J connectivity index is 0.00000240. The zero-order valence-electron chi connectivity index (χ0n) is 17.6. The highest BCUT2D eigenvalue weighted by Crippen LogP contribution is 2.28. The maximum Gasteiger partial charge on any atom is 0.242 e. The molecule has 0 unspecified atom stereocenters. The molecule has 31 heavy (non-hydrogen) atoms. The van der Waals surface area contributed by atoms with E-state index < -0.39 is 10.0 Å². The van der Waals surface area contributed by atoms with Crippen LogP contribution < -0.4 is 5.73 Å². The van der Waals surface area contributed by atoms with E-state index in [0.29, 0.717) is 6.42 Å². The van der Waals surface area contributed by atoms with Crippen molar-refractivity contribution in [3.05, 3.63) is 71.3 Å². The number of hydrogen-bond acceptors (Lipinski definition) is 4. The molecular formula is C21H27Cl2FN4O2S. The van der Waals surface area contributed by atoms with Crippen molar-refractivity contribution in [1.82, 2.24) is 13.9 Å². The van der Waals surface area contributed by atoms with Crippen molar-refractivity contribution in [3.8, 4) is 0 Å². The molecule has 0 aliphatic heterocycles. The number of aromatic nitrogens is 2. The Bertz CT molecular complexity index is 1160. The van der Waals surface area contributed by atoms with Crippen molar-refractivity contribution in [2.45, 2.75) is 24.8 Å². The predicted octanol–water partition coefficient (Wildman–Crippen LogP) is 3.84. The number of nitrogens with two attached hydrogens (primary N) is 1. The van der Waals surface area contributed by atoms with Crippen LogP contribution in [0.25, 0.3) is 11.0 Å². The second-order valence-corrected chi connectivity index (χ2v) is 9.17. The van der Waals surface area contributed by atoms with E-state index in [1.54, 1.807) is 30.5 Å². The smallest absolute Gasteiger partial charge is 0.242 e. The number of benzene rings is 1. The Morgan fingerprint density at radius 3 is 2.42 bits per heavy atom. The van der Waals surface area contributed by atoms with Gasteiger partial charge in [-0.05, 0) is 42.8 Å². The minimum Gasteiger partial charge on any atom is -0.336 e. The third-order valence-electron chi connectivity index (χ3n) is 4.94. The van der Waals surface area contributed by atoms with Crippen LogP contribution in [0.3, 0.4) is 0 Å². The van der Waals surface area contributed by atoms with E-state index >= 15 is 0 Å². The molecule has 3 rings (SSSR count). The molecule has 2 aromatic heterocycles. The van der Waals surface area contributed by atoms with Crippen molar-refractivity contribution in [2.75, 3.05) is 20.6 Å². The lowest BCUT2D eigenvalue weighted by Gasteiger charge is -2.12. The first kappa shape index (κ1) is 27.1. The average Bonchev–Trinajstić information content (AvgIpc) is 2.94. The zero-order chi connectivity index (χ0) is 21.2. The van der Waals surface area contributed by atoms with Gasteiger partial charge in [-0.2, -0.15) is 0 Å². The molecule has 0 aliphatic rings. The molecule has 0 radical (unpaired) electrons. The summed E-state index contributed by atoms with van der Waals surface area (Å²) in [6.45, 7) is 2.19. The van der Waals surface area contributed by atoms with Gasteiger partial charge in [0.1, 0.15) is 5.83 Å². The molecule has 0 atom stereocenters. The highest BCUT2D eigenvalue weighted by molar-refractivity contribution is 7.89. The standard InChI is InChI=1S/C21H25FN4O2S.2ClH/c1-15-19(13-16-6-8-18(9-7-16)29(27,28)25(2)3)21-20(5-4-12-24-21)26(15)14-17(22)10-11-23;;/h4-10,12H,11,13-14,23H2,1-3H3;2*1H/b17-10-;;. The van der Waals surface area contributed by atoms with Crippen LogP contribution in [0.15, 0.2) is 59.4 Å². The first-order valence-electron chi connectivity index (χ1n) is 9.24. The third kappa shape index (κ3) is 5.64. The molecule has 0 saturated heterocycles. The van der Waals surface area contributed by atoms with Gasteiger partial charge in [0.15, 0.2) is 0 Å². The molecule has 2 N–H and O–H groups in total. The molecule has 0 fully saturated rings. The van der Waals surface area contributed by atoms with Crippen LogP contribution in [0.2, 0.25) is 0 Å². The molecule has 0 aliphatic carbocycles. The lowest BCUT2D eigenvalue weighted by Crippen LogP contribution is -2.22. The molecule has 0 amide bonds. The highest BCUT2D eigenvalue weighted by atomic mass is 35.5. The number of rotatable bonds is 7. The van der Waals surface area contributed by atoms with Gasteiger partial charge in [0.2, 0.25) is 10.0 Å². The molecule has 6 nitrogen and oxygen atoms in total. The number of halogens is 3. The van der Waals surface area contributed by atoms with Gasteiger partial charge in [-0.25, -0.2) is 17.1 Å². The largest absolute Gasteiger partial charge is 0.336 e. The van der Waals surface area contributed by atoms with Gasteiger partial charge in [0.25, 0.3) is 0 Å². The summed E-state index contributed by atoms with van der Waals surface area (Å²) < 4.78 is 41.7. The summed E-state index contributed by atoms with van der Waals surface area (Å²) >= 11 is 0. The lowest BCUT2D eigenvalue weighted by atomic mass is 10.0. The van der Waals surface area contributed by atoms with E-state index in [-0.39, 0.29) is 48.6 Å². The maximum absolute atomic E-state index is 14.1. The van der Waals surface area contributed by atoms with E-state index in [4.69, 9.17) is 5.73 Å². The first-order chi connectivity index (χ1) is 13.8. The van der Waals surface area contributed by atoms with Crippen LogP contribution >= 0.6 is 24.8 Å². The summed E-state index contributed by atoms with van der Waals surface area (Å²) in [4.78, 5) is 4.75.